The summed E-state index contributed by atoms with van der Waals surface area (Å²) < 4.78 is 30.5. The Kier molecular flexibility index (Phi) is 5.11. The van der Waals surface area contributed by atoms with Crippen molar-refractivity contribution in [2.45, 2.75) is 39.7 Å². The molecule has 122 valence electrons. The lowest BCUT2D eigenvalue weighted by Gasteiger charge is -2.18. The summed E-state index contributed by atoms with van der Waals surface area (Å²) in [5.41, 5.74) is 1.04. The minimum Gasteiger partial charge on any atom is -0.459 e. The van der Waals surface area contributed by atoms with E-state index in [0.29, 0.717) is 30.1 Å². The number of ether oxygens (including phenoxy) is 1. The van der Waals surface area contributed by atoms with Crippen LogP contribution in [0.2, 0.25) is 0 Å². The average molecular weight is 325 g/mol. The molecule has 1 heterocycles. The second-order valence-corrected chi connectivity index (χ2v) is 8.15. The number of carbonyl (C=O) groups is 1. The fourth-order valence-corrected chi connectivity index (χ4v) is 4.22. The van der Waals surface area contributed by atoms with Crippen molar-refractivity contribution in [1.29, 1.82) is 0 Å². The largest absolute Gasteiger partial charge is 0.459 e. The normalized spacial score (nSPS) is 18.5. The number of rotatable bonds is 5. The van der Waals surface area contributed by atoms with Crippen LogP contribution in [0.1, 0.15) is 44.0 Å². The number of carbonyl (C=O) groups excluding carboxylic acids is 1. The molecule has 0 N–H and O–H groups in total. The first-order chi connectivity index (χ1) is 10.3. The van der Waals surface area contributed by atoms with Crippen LogP contribution in [-0.2, 0) is 14.8 Å². The summed E-state index contributed by atoms with van der Waals surface area (Å²) in [5, 5.41) is 0. The molecule has 22 heavy (non-hydrogen) atoms. The van der Waals surface area contributed by atoms with E-state index in [1.54, 1.807) is 24.3 Å². The summed E-state index contributed by atoms with van der Waals surface area (Å²) in [6.45, 7) is 6.53. The lowest BCUT2D eigenvalue weighted by Crippen LogP contribution is -2.25. The van der Waals surface area contributed by atoms with Crippen molar-refractivity contribution in [2.24, 2.45) is 5.92 Å². The van der Waals surface area contributed by atoms with Gasteiger partial charge in [0.15, 0.2) is 0 Å². The first-order valence-electron chi connectivity index (χ1n) is 7.61. The zero-order valence-corrected chi connectivity index (χ0v) is 14.1. The second-order valence-electron chi connectivity index (χ2n) is 6.13. The van der Waals surface area contributed by atoms with Crippen molar-refractivity contribution in [3.63, 3.8) is 0 Å². The molecular formula is C16H23NO4S. The van der Waals surface area contributed by atoms with Gasteiger partial charge in [0.1, 0.15) is 0 Å². The fraction of sp³-hybridized carbons (Fsp3) is 0.562. The maximum absolute atomic E-state index is 12.0. The van der Waals surface area contributed by atoms with Crippen LogP contribution in [0.3, 0.4) is 0 Å². The summed E-state index contributed by atoms with van der Waals surface area (Å²) in [5.74, 6) is 0.276. The highest BCUT2D eigenvalue weighted by atomic mass is 32.2. The molecule has 1 unspecified atom stereocenters. The third-order valence-corrected chi connectivity index (χ3v) is 5.47. The average Bonchev–Trinajstić information content (AvgIpc) is 2.77. The molecule has 1 saturated heterocycles. The van der Waals surface area contributed by atoms with Gasteiger partial charge in [0.2, 0.25) is 10.0 Å². The van der Waals surface area contributed by atoms with Crippen LogP contribution in [0, 0.1) is 5.92 Å². The summed E-state index contributed by atoms with van der Waals surface area (Å²) in [4.78, 5) is 12.0. The first kappa shape index (κ1) is 16.8. The van der Waals surface area contributed by atoms with E-state index in [1.165, 1.54) is 4.31 Å². The number of hydrogen-bond acceptors (Lipinski definition) is 4. The molecular weight excluding hydrogens is 302 g/mol. The van der Waals surface area contributed by atoms with Crippen LogP contribution < -0.4 is 4.31 Å². The van der Waals surface area contributed by atoms with E-state index in [-0.39, 0.29) is 17.8 Å². The van der Waals surface area contributed by atoms with Crippen LogP contribution in [0.4, 0.5) is 5.69 Å². The number of sulfonamides is 1. The van der Waals surface area contributed by atoms with Gasteiger partial charge in [-0.25, -0.2) is 13.2 Å². The number of nitrogens with zero attached hydrogens (tertiary/aromatic N) is 1. The van der Waals surface area contributed by atoms with E-state index in [2.05, 4.69) is 13.8 Å². The molecule has 2 rings (SSSR count). The van der Waals surface area contributed by atoms with Gasteiger partial charge in [-0.3, -0.25) is 4.31 Å². The summed E-state index contributed by atoms with van der Waals surface area (Å²) >= 11 is 0. The lowest BCUT2D eigenvalue weighted by molar-refractivity contribution is 0.0299. The van der Waals surface area contributed by atoms with Crippen LogP contribution in [-0.4, -0.2) is 32.8 Å². The molecule has 1 aromatic carbocycles. The molecule has 0 aliphatic carbocycles. The number of hydrogen-bond donors (Lipinski definition) is 0. The van der Waals surface area contributed by atoms with Crippen molar-refractivity contribution in [2.75, 3.05) is 16.6 Å². The summed E-state index contributed by atoms with van der Waals surface area (Å²) in [7, 11) is -3.19. The Morgan fingerprint density at radius 1 is 1.23 bits per heavy atom. The van der Waals surface area contributed by atoms with Gasteiger partial charge in [0.05, 0.1) is 23.1 Å². The minimum absolute atomic E-state index is 0.133. The van der Waals surface area contributed by atoms with Crippen LogP contribution in [0.15, 0.2) is 24.3 Å². The van der Waals surface area contributed by atoms with Gasteiger partial charge in [-0.1, -0.05) is 13.8 Å². The van der Waals surface area contributed by atoms with E-state index in [4.69, 9.17) is 4.74 Å². The molecule has 1 aliphatic rings. The van der Waals surface area contributed by atoms with E-state index in [9.17, 15) is 13.2 Å². The van der Waals surface area contributed by atoms with Crippen molar-refractivity contribution in [3.8, 4) is 0 Å². The lowest BCUT2D eigenvalue weighted by atomic mass is 10.1. The Morgan fingerprint density at radius 3 is 2.36 bits per heavy atom. The smallest absolute Gasteiger partial charge is 0.338 e. The predicted octanol–water partition coefficient (Wildman–Crippen LogP) is 2.82. The number of benzene rings is 1. The second kappa shape index (κ2) is 6.69. The highest BCUT2D eigenvalue weighted by Crippen LogP contribution is 2.24. The van der Waals surface area contributed by atoms with E-state index in [0.717, 1.165) is 6.42 Å². The van der Waals surface area contributed by atoms with Gasteiger partial charge >= 0.3 is 5.97 Å². The molecule has 1 aliphatic heterocycles. The van der Waals surface area contributed by atoms with Gasteiger partial charge in [-0.05, 0) is 49.9 Å². The molecule has 0 aromatic heterocycles. The highest BCUT2D eigenvalue weighted by Gasteiger charge is 2.28. The Labute approximate surface area is 132 Å². The van der Waals surface area contributed by atoms with Crippen molar-refractivity contribution in [3.05, 3.63) is 29.8 Å². The maximum Gasteiger partial charge on any atom is 0.338 e. The first-order valence-corrected chi connectivity index (χ1v) is 9.22. The number of esters is 1. The molecule has 1 atom stereocenters. The molecule has 1 aromatic rings. The number of anilines is 1. The van der Waals surface area contributed by atoms with Crippen LogP contribution in [0.5, 0.6) is 0 Å². The van der Waals surface area contributed by atoms with E-state index in [1.807, 2.05) is 6.92 Å². The topological polar surface area (TPSA) is 63.7 Å². The van der Waals surface area contributed by atoms with Gasteiger partial charge in [0.25, 0.3) is 0 Å². The van der Waals surface area contributed by atoms with Gasteiger partial charge in [0, 0.05) is 6.54 Å². The quantitative estimate of drug-likeness (QED) is 0.781. The maximum atomic E-state index is 12.0. The molecule has 0 spiro atoms. The molecule has 0 amide bonds. The Morgan fingerprint density at radius 2 is 1.86 bits per heavy atom. The standard InChI is InChI=1S/C16H23NO4S/c1-12(2)11-13(3)21-16(18)14-5-7-15(8-6-14)17-9-4-10-22(17,19)20/h5-8,12-13H,4,9-11H2,1-3H3. The third kappa shape index (κ3) is 4.00. The van der Waals surface area contributed by atoms with E-state index < -0.39 is 10.0 Å². The van der Waals surface area contributed by atoms with Crippen molar-refractivity contribution < 1.29 is 17.9 Å². The molecule has 0 bridgehead atoms. The zero-order valence-electron chi connectivity index (χ0n) is 13.3. The monoisotopic (exact) mass is 325 g/mol. The van der Waals surface area contributed by atoms with Gasteiger partial charge in [-0.2, -0.15) is 0 Å². The molecule has 0 saturated carbocycles. The molecule has 1 fully saturated rings. The predicted molar refractivity (Wildman–Crippen MR) is 86.5 cm³/mol. The van der Waals surface area contributed by atoms with Crippen LogP contribution >= 0.6 is 0 Å². The van der Waals surface area contributed by atoms with Crippen LogP contribution in [0.25, 0.3) is 0 Å². The van der Waals surface area contributed by atoms with Crippen molar-refractivity contribution >= 4 is 21.7 Å². The Hall–Kier alpha value is -1.56. The Bertz CT molecular complexity index is 622. The summed E-state index contributed by atoms with van der Waals surface area (Å²) in [6.07, 6.45) is 1.32. The Balaban J connectivity index is 2.04. The molecule has 5 nitrogen and oxygen atoms in total. The fourth-order valence-electron chi connectivity index (χ4n) is 2.66. The SMILES string of the molecule is CC(C)CC(C)OC(=O)c1ccc(N2CCCS2(=O)=O)cc1. The van der Waals surface area contributed by atoms with Crippen molar-refractivity contribution in [1.82, 2.24) is 0 Å². The zero-order chi connectivity index (χ0) is 16.3. The molecule has 0 radical (unpaired) electrons. The highest BCUT2D eigenvalue weighted by molar-refractivity contribution is 7.93. The van der Waals surface area contributed by atoms with Gasteiger partial charge in [-0.15, -0.1) is 0 Å². The third-order valence-electron chi connectivity index (χ3n) is 3.60. The molecule has 6 heteroatoms. The van der Waals surface area contributed by atoms with Gasteiger partial charge < -0.3 is 4.74 Å². The minimum atomic E-state index is -3.19. The summed E-state index contributed by atoms with van der Waals surface area (Å²) in [6, 6.07) is 6.56. The van der Waals surface area contributed by atoms with E-state index >= 15 is 0 Å².